The van der Waals surface area contributed by atoms with E-state index in [1.807, 2.05) is 11.6 Å². The van der Waals surface area contributed by atoms with Crippen LogP contribution in [0.2, 0.25) is 0 Å². The summed E-state index contributed by atoms with van der Waals surface area (Å²) in [6.07, 6.45) is 0. The Kier molecular flexibility index (Phi) is 2.60. The van der Waals surface area contributed by atoms with Gasteiger partial charge in [-0.25, -0.2) is 14.5 Å². The highest BCUT2D eigenvalue weighted by Crippen LogP contribution is 2.23. The molecule has 0 saturated carbocycles. The van der Waals surface area contributed by atoms with Crippen LogP contribution in [-0.2, 0) is 5.54 Å². The molecule has 1 aliphatic heterocycles. The van der Waals surface area contributed by atoms with E-state index in [-0.39, 0.29) is 17.6 Å². The van der Waals surface area contributed by atoms with Crippen molar-refractivity contribution in [2.45, 2.75) is 39.3 Å². The van der Waals surface area contributed by atoms with Gasteiger partial charge in [0, 0.05) is 13.6 Å². The number of carbonyl (C=O) groups is 1. The maximum absolute atomic E-state index is 11.5. The second kappa shape index (κ2) is 3.72. The van der Waals surface area contributed by atoms with Crippen molar-refractivity contribution in [2.75, 3.05) is 13.6 Å². The summed E-state index contributed by atoms with van der Waals surface area (Å²) in [7, 11) is 1.78. The molecule has 1 atom stereocenters. The van der Waals surface area contributed by atoms with Crippen molar-refractivity contribution in [3.63, 3.8) is 0 Å². The number of urea groups is 1. The highest BCUT2D eigenvalue weighted by Gasteiger charge is 2.33. The quantitative estimate of drug-likeness (QED) is 0.793. The van der Waals surface area contributed by atoms with Crippen LogP contribution in [0.4, 0.5) is 4.79 Å². The van der Waals surface area contributed by atoms with E-state index < -0.39 is 0 Å². The normalized spacial score (nSPS) is 20.9. The predicted molar refractivity (Wildman–Crippen MR) is 63.7 cm³/mol. The molecule has 1 N–H and O–H groups in total. The van der Waals surface area contributed by atoms with E-state index in [9.17, 15) is 4.79 Å². The van der Waals surface area contributed by atoms with Gasteiger partial charge in [0.15, 0.2) is 5.82 Å². The summed E-state index contributed by atoms with van der Waals surface area (Å²) in [5.41, 5.74) is -0.136. The first-order chi connectivity index (χ1) is 7.79. The minimum atomic E-state index is -0.136. The molecule has 2 amide bonds. The summed E-state index contributed by atoms with van der Waals surface area (Å²) in [5.74, 6) is 1.56. The lowest BCUT2D eigenvalue weighted by Crippen LogP contribution is -2.30. The van der Waals surface area contributed by atoms with Gasteiger partial charge in [-0.1, -0.05) is 0 Å². The van der Waals surface area contributed by atoms with Gasteiger partial charge in [-0.2, -0.15) is 5.10 Å². The molecule has 2 heterocycles. The Bertz CT molecular complexity index is 445. The predicted octanol–water partition coefficient (Wildman–Crippen LogP) is 1.04. The maximum Gasteiger partial charge on any atom is 0.317 e. The molecule has 0 radical (unpaired) electrons. The van der Waals surface area contributed by atoms with Crippen LogP contribution in [0.1, 0.15) is 38.5 Å². The van der Waals surface area contributed by atoms with Crippen molar-refractivity contribution in [1.82, 2.24) is 25.0 Å². The number of aryl methyl sites for hydroxylation is 1. The van der Waals surface area contributed by atoms with Crippen molar-refractivity contribution in [1.29, 1.82) is 0 Å². The first kappa shape index (κ1) is 11.9. The number of nitrogens with zero attached hydrogens (tertiary/aromatic N) is 4. The number of rotatable bonds is 1. The molecule has 0 bridgehead atoms. The molecule has 6 heteroatoms. The van der Waals surface area contributed by atoms with E-state index in [1.165, 1.54) is 0 Å². The van der Waals surface area contributed by atoms with Crippen LogP contribution in [0.5, 0.6) is 0 Å². The van der Waals surface area contributed by atoms with E-state index in [0.717, 1.165) is 11.6 Å². The van der Waals surface area contributed by atoms with Crippen molar-refractivity contribution in [3.05, 3.63) is 11.6 Å². The summed E-state index contributed by atoms with van der Waals surface area (Å²) >= 11 is 0. The molecule has 0 aliphatic carbocycles. The molecule has 6 nitrogen and oxygen atoms in total. The number of aromatic nitrogens is 3. The summed E-state index contributed by atoms with van der Waals surface area (Å²) in [6.45, 7) is 8.72. The van der Waals surface area contributed by atoms with Gasteiger partial charge in [-0.3, -0.25) is 0 Å². The average Bonchev–Trinajstić information content (AvgIpc) is 2.70. The number of carbonyl (C=O) groups excluding carboxylic acids is 1. The molecule has 17 heavy (non-hydrogen) atoms. The number of nitrogens with one attached hydrogen (secondary N) is 1. The van der Waals surface area contributed by atoms with E-state index in [4.69, 9.17) is 0 Å². The largest absolute Gasteiger partial charge is 0.326 e. The second-order valence-corrected chi connectivity index (χ2v) is 5.48. The molecule has 1 aromatic rings. The molecule has 0 spiro atoms. The Morgan fingerprint density at radius 3 is 2.53 bits per heavy atom. The molecule has 1 fully saturated rings. The van der Waals surface area contributed by atoms with Crippen LogP contribution < -0.4 is 5.32 Å². The van der Waals surface area contributed by atoms with E-state index in [0.29, 0.717) is 6.54 Å². The van der Waals surface area contributed by atoms with Crippen LogP contribution in [0.15, 0.2) is 0 Å². The first-order valence-electron chi connectivity index (χ1n) is 5.74. The standard InChI is InChI=1S/C11H19N5O/c1-7-12-9(16(14-7)11(2,3)4)8-6-15(5)10(17)13-8/h8H,6H2,1-5H3,(H,13,17)/t8-/m0/s1. The van der Waals surface area contributed by atoms with Crippen LogP contribution >= 0.6 is 0 Å². The Morgan fingerprint density at radius 2 is 2.06 bits per heavy atom. The molecule has 0 unspecified atom stereocenters. The van der Waals surface area contributed by atoms with Gasteiger partial charge >= 0.3 is 6.03 Å². The minimum absolute atomic E-state index is 0.0592. The fraction of sp³-hybridized carbons (Fsp3) is 0.727. The number of hydrogen-bond acceptors (Lipinski definition) is 3. The van der Waals surface area contributed by atoms with Gasteiger partial charge in [-0.15, -0.1) is 0 Å². The Balaban J connectivity index is 2.36. The highest BCUT2D eigenvalue weighted by atomic mass is 16.2. The molecule has 0 aromatic carbocycles. The molecular weight excluding hydrogens is 218 g/mol. The van der Waals surface area contributed by atoms with E-state index >= 15 is 0 Å². The fourth-order valence-electron chi connectivity index (χ4n) is 1.96. The van der Waals surface area contributed by atoms with Crippen LogP contribution in [0.25, 0.3) is 0 Å². The molecule has 1 aliphatic rings. The number of likely N-dealkylation sites (N-methyl/N-ethyl adjacent to an activating group) is 1. The van der Waals surface area contributed by atoms with Crippen LogP contribution in [0.3, 0.4) is 0 Å². The third-order valence-electron chi connectivity index (χ3n) is 2.79. The third-order valence-corrected chi connectivity index (χ3v) is 2.79. The van der Waals surface area contributed by atoms with Crippen molar-refractivity contribution < 1.29 is 4.79 Å². The fourth-order valence-corrected chi connectivity index (χ4v) is 1.96. The average molecular weight is 237 g/mol. The number of hydrogen-bond donors (Lipinski definition) is 1. The van der Waals surface area contributed by atoms with Gasteiger partial charge < -0.3 is 10.2 Å². The lowest BCUT2D eigenvalue weighted by molar-refractivity contribution is 0.226. The lowest BCUT2D eigenvalue weighted by Gasteiger charge is -2.23. The second-order valence-electron chi connectivity index (χ2n) is 5.48. The van der Waals surface area contributed by atoms with Gasteiger partial charge in [0.1, 0.15) is 11.9 Å². The van der Waals surface area contributed by atoms with Gasteiger partial charge in [-0.05, 0) is 27.7 Å². The maximum atomic E-state index is 11.5. The molecule has 1 aromatic heterocycles. The Hall–Kier alpha value is -1.59. The topological polar surface area (TPSA) is 63.1 Å². The Labute approximate surface area is 101 Å². The van der Waals surface area contributed by atoms with E-state index in [2.05, 4.69) is 36.2 Å². The van der Waals surface area contributed by atoms with Crippen molar-refractivity contribution in [2.24, 2.45) is 0 Å². The zero-order chi connectivity index (χ0) is 12.8. The third kappa shape index (κ3) is 2.11. The molecular formula is C11H19N5O. The summed E-state index contributed by atoms with van der Waals surface area (Å²) in [6, 6.07) is -0.135. The summed E-state index contributed by atoms with van der Waals surface area (Å²) in [5, 5.41) is 7.32. The van der Waals surface area contributed by atoms with E-state index in [1.54, 1.807) is 11.9 Å². The zero-order valence-electron chi connectivity index (χ0n) is 11.0. The minimum Gasteiger partial charge on any atom is -0.326 e. The monoisotopic (exact) mass is 237 g/mol. The van der Waals surface area contributed by atoms with Gasteiger partial charge in [0.25, 0.3) is 0 Å². The smallest absolute Gasteiger partial charge is 0.317 e. The van der Waals surface area contributed by atoms with Gasteiger partial charge in [0.2, 0.25) is 0 Å². The highest BCUT2D eigenvalue weighted by molar-refractivity contribution is 5.76. The van der Waals surface area contributed by atoms with Crippen molar-refractivity contribution in [3.8, 4) is 0 Å². The van der Waals surface area contributed by atoms with Crippen LogP contribution in [0, 0.1) is 6.92 Å². The van der Waals surface area contributed by atoms with Crippen molar-refractivity contribution >= 4 is 6.03 Å². The lowest BCUT2D eigenvalue weighted by atomic mass is 10.1. The van der Waals surface area contributed by atoms with Crippen LogP contribution in [-0.4, -0.2) is 39.3 Å². The summed E-state index contributed by atoms with van der Waals surface area (Å²) < 4.78 is 1.90. The number of amides is 2. The Morgan fingerprint density at radius 1 is 1.41 bits per heavy atom. The molecule has 2 rings (SSSR count). The molecule has 94 valence electrons. The zero-order valence-corrected chi connectivity index (χ0v) is 11.0. The SMILES string of the molecule is Cc1nc([C@@H]2CN(C)C(=O)N2)n(C(C)(C)C)n1. The molecule has 1 saturated heterocycles. The first-order valence-corrected chi connectivity index (χ1v) is 5.74. The van der Waals surface area contributed by atoms with Gasteiger partial charge in [0.05, 0.1) is 5.54 Å². The summed E-state index contributed by atoms with van der Waals surface area (Å²) in [4.78, 5) is 17.6.